The molecule has 0 heterocycles. The molecule has 5 rings (SSSR count). The Bertz CT molecular complexity index is 1810. The van der Waals surface area contributed by atoms with Crippen LogP contribution in [-0.2, 0) is 32.6 Å². The Hall–Kier alpha value is -3.84. The molecule has 0 saturated heterocycles. The van der Waals surface area contributed by atoms with Gasteiger partial charge in [-0.05, 0) is 71.5 Å². The molecule has 5 aromatic carbocycles. The first kappa shape index (κ1) is 27.7. The zero-order valence-corrected chi connectivity index (χ0v) is 22.9. The van der Waals surface area contributed by atoms with Crippen LogP contribution in [0.1, 0.15) is 16.7 Å². The quantitative estimate of drug-likeness (QED) is 0.0391. The Labute approximate surface area is 235 Å². The maximum Gasteiger partial charge on any atom is 0.294 e. The number of aromatic hydroxyl groups is 1. The van der Waals surface area contributed by atoms with Crippen LogP contribution in [0.25, 0.3) is 21.5 Å². The zero-order chi connectivity index (χ0) is 28.3. The minimum Gasteiger partial charge on any atom is -0.507 e. The SMILES string of the molecule is Cc1ccc(NCc2cccc(CNc3ccc(O)c4cc(S(=O)(=O)O)ccc34)c2)c2ccc(SOOO)cc12. The third-order valence-electron chi connectivity index (χ3n) is 6.59. The summed E-state index contributed by atoms with van der Waals surface area (Å²) < 4.78 is 37.0. The van der Waals surface area contributed by atoms with Crippen LogP contribution >= 0.6 is 12.0 Å². The van der Waals surface area contributed by atoms with Crippen molar-refractivity contribution in [3.05, 3.63) is 102 Å². The van der Waals surface area contributed by atoms with E-state index in [9.17, 15) is 18.1 Å². The molecule has 0 spiro atoms. The van der Waals surface area contributed by atoms with Crippen LogP contribution in [0.3, 0.4) is 0 Å². The van der Waals surface area contributed by atoms with Crippen molar-refractivity contribution in [2.45, 2.75) is 29.8 Å². The normalized spacial score (nSPS) is 11.7. The predicted molar refractivity (Wildman–Crippen MR) is 156 cm³/mol. The van der Waals surface area contributed by atoms with Crippen molar-refractivity contribution in [3.8, 4) is 5.75 Å². The van der Waals surface area contributed by atoms with Crippen molar-refractivity contribution in [2.75, 3.05) is 10.6 Å². The molecule has 0 aliphatic rings. The molecule has 0 amide bonds. The molecule has 40 heavy (non-hydrogen) atoms. The van der Waals surface area contributed by atoms with Crippen molar-refractivity contribution in [3.63, 3.8) is 0 Å². The minimum absolute atomic E-state index is 0.0785. The predicted octanol–water partition coefficient (Wildman–Crippen LogP) is 6.91. The lowest BCUT2D eigenvalue weighted by Crippen LogP contribution is -2.04. The highest BCUT2D eigenvalue weighted by Gasteiger charge is 2.13. The molecular weight excluding hydrogens is 552 g/mol. The van der Waals surface area contributed by atoms with Gasteiger partial charge >= 0.3 is 0 Å². The topological polar surface area (TPSA) is 137 Å². The first-order valence-electron chi connectivity index (χ1n) is 12.2. The standard InChI is InChI=1S/C29H26N2O7S2/c1-18-5-10-27(23-8-6-21(14-25(18)23)39-38-37-33)30-16-19-3-2-4-20(13-19)17-31-28-11-12-29(32)26-15-22(40(34,35)36)7-9-24(26)28/h2-15,30-33H,16-17H2,1H3,(H,34,35,36). The molecule has 0 aliphatic carbocycles. The van der Waals surface area contributed by atoms with E-state index in [4.69, 9.17) is 5.26 Å². The van der Waals surface area contributed by atoms with Crippen molar-refractivity contribution in [2.24, 2.45) is 0 Å². The van der Waals surface area contributed by atoms with Crippen molar-refractivity contribution >= 4 is 55.1 Å². The van der Waals surface area contributed by atoms with Gasteiger partial charge in [0.15, 0.2) is 0 Å². The van der Waals surface area contributed by atoms with Gasteiger partial charge < -0.3 is 15.7 Å². The van der Waals surface area contributed by atoms with E-state index in [1.807, 2.05) is 55.5 Å². The molecule has 0 aliphatic heterocycles. The third-order valence-corrected chi connectivity index (χ3v) is 8.01. The number of fused-ring (bicyclic) bond motifs is 2. The number of aryl methyl sites for hydroxylation is 1. The first-order chi connectivity index (χ1) is 19.2. The van der Waals surface area contributed by atoms with Crippen molar-refractivity contribution < 1.29 is 32.7 Å². The van der Waals surface area contributed by atoms with E-state index >= 15 is 0 Å². The van der Waals surface area contributed by atoms with Crippen LogP contribution in [0.5, 0.6) is 5.75 Å². The van der Waals surface area contributed by atoms with Gasteiger partial charge in [0.05, 0.1) is 16.9 Å². The highest BCUT2D eigenvalue weighted by atomic mass is 32.2. The molecule has 9 nitrogen and oxygen atoms in total. The lowest BCUT2D eigenvalue weighted by molar-refractivity contribution is -0.432. The lowest BCUT2D eigenvalue weighted by Gasteiger charge is -2.14. The smallest absolute Gasteiger partial charge is 0.294 e. The Balaban J connectivity index is 1.31. The molecule has 11 heteroatoms. The minimum atomic E-state index is -4.39. The summed E-state index contributed by atoms with van der Waals surface area (Å²) in [5, 5.41) is 32.3. The lowest BCUT2D eigenvalue weighted by atomic mass is 10.0. The summed E-state index contributed by atoms with van der Waals surface area (Å²) in [6, 6.07) is 25.4. The third kappa shape index (κ3) is 6.15. The second kappa shape index (κ2) is 11.7. The number of benzene rings is 5. The van der Waals surface area contributed by atoms with Gasteiger partial charge in [-0.3, -0.25) is 4.55 Å². The van der Waals surface area contributed by atoms with Gasteiger partial charge in [-0.25, -0.2) is 5.26 Å². The first-order valence-corrected chi connectivity index (χ1v) is 14.4. The highest BCUT2D eigenvalue weighted by molar-refractivity contribution is 7.94. The molecule has 0 unspecified atom stereocenters. The molecule has 5 aromatic rings. The van der Waals surface area contributed by atoms with Gasteiger partial charge in [0.25, 0.3) is 10.1 Å². The number of phenols is 1. The largest absolute Gasteiger partial charge is 0.507 e. The van der Waals surface area contributed by atoms with Gasteiger partial charge in [-0.2, -0.15) is 8.42 Å². The molecule has 0 bridgehead atoms. The van der Waals surface area contributed by atoms with Crippen LogP contribution in [-0.4, -0.2) is 23.3 Å². The summed E-state index contributed by atoms with van der Waals surface area (Å²) in [7, 11) is -4.39. The number of anilines is 2. The summed E-state index contributed by atoms with van der Waals surface area (Å²) in [4.78, 5) is 0.515. The average Bonchev–Trinajstić information content (AvgIpc) is 2.95. The van der Waals surface area contributed by atoms with E-state index in [1.54, 1.807) is 12.1 Å². The Morgan fingerprint density at radius 2 is 1.43 bits per heavy atom. The van der Waals surface area contributed by atoms with Gasteiger partial charge in [-0.15, -0.1) is 4.33 Å². The average molecular weight is 579 g/mol. The van der Waals surface area contributed by atoms with E-state index in [-0.39, 0.29) is 10.6 Å². The number of rotatable bonds is 10. The monoisotopic (exact) mass is 578 g/mol. The van der Waals surface area contributed by atoms with Crippen LogP contribution in [0.15, 0.2) is 94.7 Å². The maximum absolute atomic E-state index is 11.5. The summed E-state index contributed by atoms with van der Waals surface area (Å²) >= 11 is 0.922. The van der Waals surface area contributed by atoms with Gasteiger partial charge in [0.1, 0.15) is 5.75 Å². The van der Waals surface area contributed by atoms with Gasteiger partial charge in [0, 0.05) is 45.5 Å². The molecule has 0 saturated carbocycles. The van der Waals surface area contributed by atoms with Crippen LogP contribution < -0.4 is 10.6 Å². The van der Waals surface area contributed by atoms with Crippen LogP contribution in [0.2, 0.25) is 0 Å². The summed E-state index contributed by atoms with van der Waals surface area (Å²) in [6.07, 6.45) is 0. The summed E-state index contributed by atoms with van der Waals surface area (Å²) in [5.74, 6) is -0.0785. The fourth-order valence-corrected chi connectivity index (χ4v) is 5.51. The molecule has 5 N–H and O–H groups in total. The fourth-order valence-electron chi connectivity index (χ4n) is 4.60. The van der Waals surface area contributed by atoms with Crippen molar-refractivity contribution in [1.29, 1.82) is 0 Å². The number of phenolic OH excluding ortho intramolecular Hbond substituents is 1. The zero-order valence-electron chi connectivity index (χ0n) is 21.3. The van der Waals surface area contributed by atoms with Gasteiger partial charge in [0.2, 0.25) is 0 Å². The van der Waals surface area contributed by atoms with Crippen LogP contribution in [0, 0.1) is 6.92 Å². The summed E-state index contributed by atoms with van der Waals surface area (Å²) in [5.41, 5.74) is 4.94. The van der Waals surface area contributed by atoms with E-state index in [0.29, 0.717) is 23.9 Å². The Kier molecular flexibility index (Phi) is 8.12. The second-order valence-electron chi connectivity index (χ2n) is 9.21. The Morgan fingerprint density at radius 1 is 0.775 bits per heavy atom. The molecule has 0 radical (unpaired) electrons. The van der Waals surface area contributed by atoms with Crippen molar-refractivity contribution in [1.82, 2.24) is 0 Å². The van der Waals surface area contributed by atoms with Crippen LogP contribution in [0.4, 0.5) is 11.4 Å². The number of nitrogens with one attached hydrogen (secondary N) is 2. The second-order valence-corrected chi connectivity index (χ2v) is 11.4. The molecule has 206 valence electrons. The molecule has 0 atom stereocenters. The number of hydrogen-bond acceptors (Lipinski definition) is 9. The van der Waals surface area contributed by atoms with E-state index in [1.165, 1.54) is 18.2 Å². The molecular formula is C29H26N2O7S2. The van der Waals surface area contributed by atoms with Gasteiger partial charge in [-0.1, -0.05) is 47.5 Å². The molecule has 0 aromatic heterocycles. The van der Waals surface area contributed by atoms with E-state index < -0.39 is 10.1 Å². The summed E-state index contributed by atoms with van der Waals surface area (Å²) in [6.45, 7) is 3.14. The fraction of sp³-hybridized carbons (Fsp3) is 0.103. The van der Waals surface area contributed by atoms with E-state index in [2.05, 4.69) is 26.1 Å². The Morgan fingerprint density at radius 3 is 2.10 bits per heavy atom. The van der Waals surface area contributed by atoms with E-state index in [0.717, 1.165) is 55.8 Å². The molecule has 0 fully saturated rings. The highest BCUT2D eigenvalue weighted by Crippen LogP contribution is 2.34. The maximum atomic E-state index is 11.5. The number of hydrogen-bond donors (Lipinski definition) is 5.